The van der Waals surface area contributed by atoms with E-state index >= 15 is 0 Å². The van der Waals surface area contributed by atoms with Crippen LogP contribution in [-0.2, 0) is 6.54 Å². The zero-order chi connectivity index (χ0) is 23.6. The van der Waals surface area contributed by atoms with Crippen molar-refractivity contribution in [1.82, 2.24) is 19.4 Å². The van der Waals surface area contributed by atoms with Crippen LogP contribution in [0.25, 0.3) is 11.0 Å². The van der Waals surface area contributed by atoms with Crippen molar-refractivity contribution >= 4 is 16.9 Å². The highest BCUT2D eigenvalue weighted by Crippen LogP contribution is 2.26. The van der Waals surface area contributed by atoms with Crippen LogP contribution in [0, 0.1) is 0 Å². The number of imidazole rings is 1. The van der Waals surface area contributed by atoms with Gasteiger partial charge in [-0.25, -0.2) is 4.98 Å². The van der Waals surface area contributed by atoms with Crippen molar-refractivity contribution in [3.8, 4) is 0 Å². The van der Waals surface area contributed by atoms with Gasteiger partial charge in [0.05, 0.1) is 11.0 Å². The van der Waals surface area contributed by atoms with Crippen LogP contribution in [0.2, 0.25) is 0 Å². The molecule has 1 aromatic carbocycles. The fraction of sp³-hybridized carbons (Fsp3) is 0.714. The lowest BCUT2D eigenvalue weighted by Gasteiger charge is -2.26. The van der Waals surface area contributed by atoms with Gasteiger partial charge in [-0.05, 0) is 76.4 Å². The number of hydrogen-bond acceptors (Lipinski definition) is 3. The maximum absolute atomic E-state index is 13.4. The molecular formula is C28H46N4O. The van der Waals surface area contributed by atoms with Crippen LogP contribution in [0.15, 0.2) is 18.2 Å². The second-order valence-corrected chi connectivity index (χ2v) is 9.89. The highest BCUT2D eigenvalue weighted by molar-refractivity contribution is 5.97. The van der Waals surface area contributed by atoms with E-state index in [4.69, 9.17) is 4.98 Å². The third-order valence-corrected chi connectivity index (χ3v) is 7.23. The molecular weight excluding hydrogens is 408 g/mol. The Morgan fingerprint density at radius 1 is 1.00 bits per heavy atom. The van der Waals surface area contributed by atoms with E-state index in [9.17, 15) is 4.79 Å². The smallest absolute Gasteiger partial charge is 0.253 e. The first kappa shape index (κ1) is 25.7. The Labute approximate surface area is 201 Å². The molecule has 0 spiro atoms. The van der Waals surface area contributed by atoms with Gasteiger partial charge in [0.1, 0.15) is 5.82 Å². The number of benzene rings is 1. The first-order chi connectivity index (χ1) is 16.1. The topological polar surface area (TPSA) is 41.4 Å². The van der Waals surface area contributed by atoms with Crippen LogP contribution >= 0.6 is 0 Å². The lowest BCUT2D eigenvalue weighted by Crippen LogP contribution is -2.33. The number of carbonyl (C=O) groups is 1. The van der Waals surface area contributed by atoms with E-state index in [0.717, 1.165) is 81.3 Å². The van der Waals surface area contributed by atoms with E-state index in [1.165, 1.54) is 38.2 Å². The van der Waals surface area contributed by atoms with Crippen LogP contribution in [0.4, 0.5) is 0 Å². The standard InChI is InChI=1S/C28H46N4O/c1-5-8-19-31(20-9-6-2)28(33)24-14-15-25-26(22-24)32(27(29-25)23(4)7-3)21-13-18-30-16-11-10-12-17-30/h14-15,22-23H,5-13,16-21H2,1-4H3. The molecule has 1 saturated heterocycles. The largest absolute Gasteiger partial charge is 0.339 e. The van der Waals surface area contributed by atoms with Crippen molar-refractivity contribution in [3.63, 3.8) is 0 Å². The molecule has 1 unspecified atom stereocenters. The molecule has 0 saturated carbocycles. The lowest BCUT2D eigenvalue weighted by atomic mass is 10.1. The number of fused-ring (bicyclic) bond motifs is 1. The van der Waals surface area contributed by atoms with Crippen molar-refractivity contribution in [1.29, 1.82) is 0 Å². The number of likely N-dealkylation sites (tertiary alicyclic amines) is 1. The number of piperidine rings is 1. The average Bonchev–Trinajstić information content (AvgIpc) is 3.21. The third-order valence-electron chi connectivity index (χ3n) is 7.23. The summed E-state index contributed by atoms with van der Waals surface area (Å²) in [4.78, 5) is 23.1. The van der Waals surface area contributed by atoms with Crippen LogP contribution in [-0.4, -0.2) is 58.0 Å². The van der Waals surface area contributed by atoms with Crippen LogP contribution in [0.3, 0.4) is 0 Å². The Hall–Kier alpha value is -1.88. The predicted molar refractivity (Wildman–Crippen MR) is 139 cm³/mol. The van der Waals surface area contributed by atoms with Gasteiger partial charge in [-0.15, -0.1) is 0 Å². The highest BCUT2D eigenvalue weighted by atomic mass is 16.2. The van der Waals surface area contributed by atoms with Gasteiger partial charge in [-0.2, -0.15) is 0 Å². The summed E-state index contributed by atoms with van der Waals surface area (Å²) >= 11 is 0. The van der Waals surface area contributed by atoms with Gasteiger partial charge >= 0.3 is 0 Å². The van der Waals surface area contributed by atoms with E-state index in [0.29, 0.717) is 5.92 Å². The van der Waals surface area contributed by atoms with Crippen LogP contribution in [0.1, 0.15) is 108 Å². The Balaban J connectivity index is 1.84. The molecule has 3 rings (SSSR count). The minimum atomic E-state index is 0.171. The number of hydrogen-bond donors (Lipinski definition) is 0. The number of aromatic nitrogens is 2. The lowest BCUT2D eigenvalue weighted by molar-refractivity contribution is 0.0751. The molecule has 0 bridgehead atoms. The number of amides is 1. The van der Waals surface area contributed by atoms with E-state index in [1.54, 1.807) is 0 Å². The van der Waals surface area contributed by atoms with Crippen molar-refractivity contribution in [2.75, 3.05) is 32.7 Å². The molecule has 1 atom stereocenters. The summed E-state index contributed by atoms with van der Waals surface area (Å²) in [7, 11) is 0. The third kappa shape index (κ3) is 6.81. The van der Waals surface area contributed by atoms with Gasteiger partial charge in [0.15, 0.2) is 0 Å². The summed E-state index contributed by atoms with van der Waals surface area (Å²) in [5, 5.41) is 0. The van der Waals surface area contributed by atoms with Crippen molar-refractivity contribution in [2.45, 2.75) is 97.9 Å². The molecule has 1 aliphatic heterocycles. The summed E-state index contributed by atoms with van der Waals surface area (Å²) in [6.07, 6.45) is 10.6. The van der Waals surface area contributed by atoms with E-state index in [1.807, 2.05) is 6.07 Å². The zero-order valence-electron chi connectivity index (χ0n) is 21.6. The van der Waals surface area contributed by atoms with E-state index < -0.39 is 0 Å². The summed E-state index contributed by atoms with van der Waals surface area (Å²) in [5.41, 5.74) is 2.96. The first-order valence-electron chi connectivity index (χ1n) is 13.6. The number of rotatable bonds is 13. The number of unbranched alkanes of at least 4 members (excludes halogenated alkanes) is 2. The molecule has 184 valence electrons. The molecule has 5 nitrogen and oxygen atoms in total. The summed E-state index contributed by atoms with van der Waals surface area (Å²) in [5.74, 6) is 1.76. The van der Waals surface area contributed by atoms with Crippen LogP contribution in [0.5, 0.6) is 0 Å². The van der Waals surface area contributed by atoms with Crippen LogP contribution < -0.4 is 0 Å². The molecule has 0 aliphatic carbocycles. The Morgan fingerprint density at radius 3 is 2.33 bits per heavy atom. The molecule has 1 fully saturated rings. The molecule has 1 amide bonds. The van der Waals surface area contributed by atoms with E-state index in [-0.39, 0.29) is 5.91 Å². The van der Waals surface area contributed by atoms with Gasteiger partial charge in [0.2, 0.25) is 0 Å². The van der Waals surface area contributed by atoms with E-state index in [2.05, 4.69) is 54.2 Å². The van der Waals surface area contributed by atoms with Gasteiger partial charge in [-0.1, -0.05) is 47.0 Å². The minimum Gasteiger partial charge on any atom is -0.339 e. The monoisotopic (exact) mass is 454 g/mol. The summed E-state index contributed by atoms with van der Waals surface area (Å²) in [6.45, 7) is 15.2. The number of aryl methyl sites for hydroxylation is 1. The first-order valence-corrected chi connectivity index (χ1v) is 13.6. The molecule has 5 heteroatoms. The summed E-state index contributed by atoms with van der Waals surface area (Å²) < 4.78 is 2.41. The number of nitrogens with zero attached hydrogens (tertiary/aromatic N) is 4. The molecule has 2 aromatic rings. The van der Waals surface area contributed by atoms with Gasteiger partial charge < -0.3 is 14.4 Å². The predicted octanol–water partition coefficient (Wildman–Crippen LogP) is 6.47. The molecule has 1 aromatic heterocycles. The normalized spacial score (nSPS) is 15.8. The molecule has 0 radical (unpaired) electrons. The Kier molecular flexibility index (Phi) is 10.2. The molecule has 33 heavy (non-hydrogen) atoms. The minimum absolute atomic E-state index is 0.171. The Morgan fingerprint density at radius 2 is 1.70 bits per heavy atom. The maximum atomic E-state index is 13.4. The van der Waals surface area contributed by atoms with Crippen molar-refractivity contribution < 1.29 is 4.79 Å². The second kappa shape index (κ2) is 13.1. The Bertz CT molecular complexity index is 860. The fourth-order valence-corrected chi connectivity index (χ4v) is 4.90. The second-order valence-electron chi connectivity index (χ2n) is 9.89. The zero-order valence-corrected chi connectivity index (χ0v) is 21.6. The molecule has 1 aliphatic rings. The van der Waals surface area contributed by atoms with Gasteiger partial charge in [0, 0.05) is 31.1 Å². The summed E-state index contributed by atoms with van der Waals surface area (Å²) in [6, 6.07) is 6.16. The van der Waals surface area contributed by atoms with Gasteiger partial charge in [-0.3, -0.25) is 4.79 Å². The maximum Gasteiger partial charge on any atom is 0.253 e. The molecule has 0 N–H and O–H groups in total. The van der Waals surface area contributed by atoms with Gasteiger partial charge in [0.25, 0.3) is 5.91 Å². The number of carbonyl (C=O) groups excluding carboxylic acids is 1. The highest BCUT2D eigenvalue weighted by Gasteiger charge is 2.20. The quantitative estimate of drug-likeness (QED) is 0.348. The fourth-order valence-electron chi connectivity index (χ4n) is 4.90. The van der Waals surface area contributed by atoms with Crippen molar-refractivity contribution in [3.05, 3.63) is 29.6 Å². The van der Waals surface area contributed by atoms with Crippen molar-refractivity contribution in [2.24, 2.45) is 0 Å². The molecule has 2 heterocycles. The average molecular weight is 455 g/mol. The SMILES string of the molecule is CCCCN(CCCC)C(=O)c1ccc2nc(C(C)CC)n(CCCN3CCCCC3)c2c1.